The first-order valence-corrected chi connectivity index (χ1v) is 10.8. The topological polar surface area (TPSA) is 58.9 Å². The summed E-state index contributed by atoms with van der Waals surface area (Å²) < 4.78 is 1.86. The van der Waals surface area contributed by atoms with Gasteiger partial charge in [0.15, 0.2) is 0 Å². The van der Waals surface area contributed by atoms with Gasteiger partial charge in [0.05, 0.1) is 11.9 Å². The molecular weight excluding hydrogens is 348 g/mol. The van der Waals surface area contributed by atoms with E-state index in [1.54, 1.807) is 0 Å². The molecule has 1 aliphatic heterocycles. The molecule has 0 radical (unpaired) electrons. The second kappa shape index (κ2) is 8.19. The van der Waals surface area contributed by atoms with Crippen LogP contribution in [-0.2, 0) is 7.05 Å². The minimum atomic E-state index is 0.531. The molecule has 4 rings (SSSR count). The fourth-order valence-electron chi connectivity index (χ4n) is 5.35. The summed E-state index contributed by atoms with van der Waals surface area (Å²) in [6, 6.07) is 4.64. The Balaban J connectivity index is 1.30. The van der Waals surface area contributed by atoms with Gasteiger partial charge in [-0.3, -0.25) is 4.68 Å². The Kier molecular flexibility index (Phi) is 5.67. The lowest BCUT2D eigenvalue weighted by atomic mass is 10.0. The molecule has 3 heterocycles. The van der Waals surface area contributed by atoms with Crippen molar-refractivity contribution < 1.29 is 0 Å². The predicted molar refractivity (Wildman–Crippen MR) is 113 cm³/mol. The lowest BCUT2D eigenvalue weighted by molar-refractivity contribution is 0.259. The second-order valence-electron chi connectivity index (χ2n) is 9.05. The van der Waals surface area contributed by atoms with Gasteiger partial charge in [-0.05, 0) is 61.6 Å². The average molecular weight is 383 g/mol. The maximum atomic E-state index is 4.44. The molecule has 152 valence electrons. The highest BCUT2D eigenvalue weighted by Gasteiger charge is 2.40. The van der Waals surface area contributed by atoms with Crippen LogP contribution >= 0.6 is 0 Å². The zero-order chi connectivity index (χ0) is 19.7. The van der Waals surface area contributed by atoms with E-state index in [1.807, 2.05) is 24.0 Å². The van der Waals surface area contributed by atoms with Crippen molar-refractivity contribution in [1.82, 2.24) is 24.9 Å². The van der Waals surface area contributed by atoms with E-state index in [-0.39, 0.29) is 0 Å². The van der Waals surface area contributed by atoms with Gasteiger partial charge in [-0.15, -0.1) is 10.2 Å². The van der Waals surface area contributed by atoms with Gasteiger partial charge in [0.1, 0.15) is 11.5 Å². The first-order valence-electron chi connectivity index (χ1n) is 10.8. The van der Waals surface area contributed by atoms with Gasteiger partial charge in [0.25, 0.3) is 0 Å². The smallest absolute Gasteiger partial charge is 0.148 e. The van der Waals surface area contributed by atoms with E-state index in [2.05, 4.69) is 52.4 Å². The van der Waals surface area contributed by atoms with E-state index in [0.717, 1.165) is 40.5 Å². The number of fused-ring (bicyclic) bond motifs is 1. The Morgan fingerprint density at radius 1 is 1.18 bits per heavy atom. The standard InChI is InChI=1S/C22H34N6/c1-5-6-15(2)12-28-13-17-9-19(10-18(17)14-28)24-21-8-7-20(25-26-21)22-16(3)11-23-27(22)4/h7-8,11,15,17-19H,5-6,9-10,12-14H2,1-4H3,(H,24,26)/t15?,17-,18+,19+. The lowest BCUT2D eigenvalue weighted by Crippen LogP contribution is -2.29. The molecule has 0 bridgehead atoms. The average Bonchev–Trinajstić information content (AvgIpc) is 3.29. The second-order valence-corrected chi connectivity index (χ2v) is 9.05. The monoisotopic (exact) mass is 382 g/mol. The number of nitrogens with zero attached hydrogens (tertiary/aromatic N) is 5. The van der Waals surface area contributed by atoms with Gasteiger partial charge >= 0.3 is 0 Å². The van der Waals surface area contributed by atoms with Crippen molar-refractivity contribution in [3.8, 4) is 11.4 Å². The first kappa shape index (κ1) is 19.4. The molecule has 1 unspecified atom stereocenters. The molecule has 4 atom stereocenters. The van der Waals surface area contributed by atoms with E-state index in [9.17, 15) is 0 Å². The van der Waals surface area contributed by atoms with Crippen LogP contribution in [0.1, 0.15) is 45.1 Å². The third-order valence-electron chi connectivity index (χ3n) is 6.56. The van der Waals surface area contributed by atoms with Crippen molar-refractivity contribution in [2.45, 2.75) is 52.5 Å². The molecule has 2 fully saturated rings. The summed E-state index contributed by atoms with van der Waals surface area (Å²) in [5, 5.41) is 16.8. The molecule has 1 aliphatic carbocycles. The Morgan fingerprint density at radius 2 is 1.93 bits per heavy atom. The molecule has 6 nitrogen and oxygen atoms in total. The summed E-state index contributed by atoms with van der Waals surface area (Å²) in [7, 11) is 1.94. The first-order chi connectivity index (χ1) is 13.5. The van der Waals surface area contributed by atoms with Gasteiger partial charge in [-0.1, -0.05) is 20.3 Å². The predicted octanol–water partition coefficient (Wildman–Crippen LogP) is 3.74. The lowest BCUT2D eigenvalue weighted by Gasteiger charge is -2.22. The summed E-state index contributed by atoms with van der Waals surface area (Å²) in [6.07, 6.45) is 7.03. The highest BCUT2D eigenvalue weighted by atomic mass is 15.3. The van der Waals surface area contributed by atoms with E-state index in [0.29, 0.717) is 6.04 Å². The highest BCUT2D eigenvalue weighted by Crippen LogP contribution is 2.39. The van der Waals surface area contributed by atoms with E-state index >= 15 is 0 Å². The van der Waals surface area contributed by atoms with Crippen molar-refractivity contribution in [1.29, 1.82) is 0 Å². The maximum absolute atomic E-state index is 4.44. The zero-order valence-electron chi connectivity index (χ0n) is 17.7. The zero-order valence-corrected chi connectivity index (χ0v) is 17.7. The van der Waals surface area contributed by atoms with Crippen LogP contribution in [0.25, 0.3) is 11.4 Å². The largest absolute Gasteiger partial charge is 0.366 e. The number of aromatic nitrogens is 4. The van der Waals surface area contributed by atoms with E-state index in [4.69, 9.17) is 0 Å². The molecule has 2 aromatic rings. The van der Waals surface area contributed by atoms with Crippen LogP contribution in [0.3, 0.4) is 0 Å². The summed E-state index contributed by atoms with van der Waals surface area (Å²) in [5.41, 5.74) is 3.04. The fraction of sp³-hybridized carbons (Fsp3) is 0.682. The van der Waals surface area contributed by atoms with Gasteiger partial charge < -0.3 is 10.2 Å². The molecule has 0 amide bonds. The Hall–Kier alpha value is -1.95. The van der Waals surface area contributed by atoms with E-state index < -0.39 is 0 Å². The van der Waals surface area contributed by atoms with Crippen molar-refractivity contribution in [3.63, 3.8) is 0 Å². The Labute approximate surface area is 168 Å². The summed E-state index contributed by atoms with van der Waals surface area (Å²) in [5.74, 6) is 3.41. The number of rotatable bonds is 7. The molecular formula is C22H34N6. The van der Waals surface area contributed by atoms with Crippen LogP contribution in [-0.4, -0.2) is 50.6 Å². The Bertz CT molecular complexity index is 749. The maximum Gasteiger partial charge on any atom is 0.148 e. The van der Waals surface area contributed by atoms with Crippen LogP contribution in [0.15, 0.2) is 18.3 Å². The highest BCUT2D eigenvalue weighted by molar-refractivity contribution is 5.59. The summed E-state index contributed by atoms with van der Waals surface area (Å²) in [6.45, 7) is 10.6. The molecule has 1 N–H and O–H groups in total. The number of hydrogen-bond acceptors (Lipinski definition) is 5. The van der Waals surface area contributed by atoms with E-state index in [1.165, 1.54) is 45.3 Å². The van der Waals surface area contributed by atoms with Gasteiger partial charge in [0.2, 0.25) is 0 Å². The van der Waals surface area contributed by atoms with Crippen LogP contribution in [0.2, 0.25) is 0 Å². The quantitative estimate of drug-likeness (QED) is 0.790. The van der Waals surface area contributed by atoms with Crippen LogP contribution in [0.4, 0.5) is 5.82 Å². The third-order valence-corrected chi connectivity index (χ3v) is 6.56. The molecule has 0 spiro atoms. The van der Waals surface area contributed by atoms with Crippen LogP contribution < -0.4 is 5.32 Å². The molecule has 1 saturated heterocycles. The minimum absolute atomic E-state index is 0.531. The molecule has 2 aliphatic rings. The number of likely N-dealkylation sites (tertiary alicyclic amines) is 1. The number of nitrogens with one attached hydrogen (secondary N) is 1. The van der Waals surface area contributed by atoms with Crippen molar-refractivity contribution in [3.05, 3.63) is 23.9 Å². The molecule has 2 aromatic heterocycles. The van der Waals surface area contributed by atoms with Crippen molar-refractivity contribution >= 4 is 5.82 Å². The third kappa shape index (κ3) is 4.07. The molecule has 6 heteroatoms. The van der Waals surface area contributed by atoms with Crippen LogP contribution in [0, 0.1) is 24.7 Å². The number of aryl methyl sites for hydroxylation is 2. The van der Waals surface area contributed by atoms with Crippen LogP contribution in [0.5, 0.6) is 0 Å². The number of hydrogen-bond donors (Lipinski definition) is 1. The molecule has 28 heavy (non-hydrogen) atoms. The van der Waals surface area contributed by atoms with Gasteiger partial charge in [-0.2, -0.15) is 5.10 Å². The van der Waals surface area contributed by atoms with Crippen molar-refractivity contribution in [2.24, 2.45) is 24.8 Å². The SMILES string of the molecule is CCCC(C)CN1C[C@H]2C[C@H](Nc3ccc(-c4c(C)cnn4C)nn3)C[C@H]2C1. The van der Waals surface area contributed by atoms with Gasteiger partial charge in [0, 0.05) is 32.7 Å². The normalized spacial score (nSPS) is 25.8. The number of anilines is 1. The summed E-state index contributed by atoms with van der Waals surface area (Å²) >= 11 is 0. The fourth-order valence-corrected chi connectivity index (χ4v) is 5.35. The molecule has 0 aromatic carbocycles. The van der Waals surface area contributed by atoms with Gasteiger partial charge in [-0.25, -0.2) is 0 Å². The molecule has 1 saturated carbocycles. The minimum Gasteiger partial charge on any atom is -0.366 e. The summed E-state index contributed by atoms with van der Waals surface area (Å²) in [4.78, 5) is 2.71. The Morgan fingerprint density at radius 3 is 2.50 bits per heavy atom. The van der Waals surface area contributed by atoms with Crippen molar-refractivity contribution in [2.75, 3.05) is 25.0 Å².